The smallest absolute Gasteiger partial charge is 0.240 e. The van der Waals surface area contributed by atoms with Crippen LogP contribution in [0, 0.1) is 0 Å². The molecule has 160 valence electrons. The first kappa shape index (κ1) is 22.7. The quantitative estimate of drug-likeness (QED) is 0.665. The standard InChI is InChI=1S/C21H32N4O4/c1-3-7-17-21(28)25(2)15-20(27)24-14-19(26)23-11-6-9-16-8-4-5-10-18(16)29-13-12-22-17/h4-5,8,10,17,22H,3,6-7,9,11-15H2,1-2H3,(H,23,26)(H,24,27)/t17-/m0/s1. The molecule has 2 rings (SSSR count). The Balaban J connectivity index is 2.07. The van der Waals surface area contributed by atoms with Gasteiger partial charge < -0.3 is 25.6 Å². The Bertz CT molecular complexity index is 695. The summed E-state index contributed by atoms with van der Waals surface area (Å²) in [6.45, 7) is 3.31. The van der Waals surface area contributed by atoms with Crippen molar-refractivity contribution in [1.82, 2.24) is 20.9 Å². The maximum absolute atomic E-state index is 12.7. The number of aryl methyl sites for hydroxylation is 1. The fraction of sp³-hybridized carbons (Fsp3) is 0.571. The van der Waals surface area contributed by atoms with Crippen molar-refractivity contribution in [3.63, 3.8) is 0 Å². The molecule has 29 heavy (non-hydrogen) atoms. The summed E-state index contributed by atoms with van der Waals surface area (Å²) < 4.78 is 5.92. The van der Waals surface area contributed by atoms with Crippen LogP contribution >= 0.6 is 0 Å². The van der Waals surface area contributed by atoms with E-state index in [1.165, 1.54) is 4.90 Å². The highest BCUT2D eigenvalue weighted by Gasteiger charge is 2.22. The molecule has 1 aliphatic rings. The van der Waals surface area contributed by atoms with Crippen LogP contribution in [0.5, 0.6) is 5.75 Å². The molecule has 1 aromatic rings. The number of benzene rings is 1. The summed E-state index contributed by atoms with van der Waals surface area (Å²) in [4.78, 5) is 38.1. The number of nitrogens with one attached hydrogen (secondary N) is 3. The molecule has 0 unspecified atom stereocenters. The first-order valence-corrected chi connectivity index (χ1v) is 10.2. The average Bonchev–Trinajstić information content (AvgIpc) is 2.71. The molecular formula is C21H32N4O4. The number of amides is 3. The fourth-order valence-electron chi connectivity index (χ4n) is 3.21. The highest BCUT2D eigenvalue weighted by Crippen LogP contribution is 2.19. The summed E-state index contributed by atoms with van der Waals surface area (Å²) in [5.74, 6) is 0.0746. The van der Waals surface area contributed by atoms with Crippen molar-refractivity contribution in [2.75, 3.05) is 39.8 Å². The topological polar surface area (TPSA) is 99.8 Å². The lowest BCUT2D eigenvalue weighted by atomic mass is 10.1. The Morgan fingerprint density at radius 2 is 1.90 bits per heavy atom. The van der Waals surface area contributed by atoms with Crippen molar-refractivity contribution in [2.24, 2.45) is 0 Å². The zero-order valence-corrected chi connectivity index (χ0v) is 17.3. The van der Waals surface area contributed by atoms with Crippen LogP contribution in [0.25, 0.3) is 0 Å². The molecule has 0 fully saturated rings. The minimum atomic E-state index is -0.376. The molecule has 0 spiro atoms. The van der Waals surface area contributed by atoms with Gasteiger partial charge in [-0.25, -0.2) is 0 Å². The van der Waals surface area contributed by atoms with Crippen molar-refractivity contribution >= 4 is 17.7 Å². The van der Waals surface area contributed by atoms with E-state index in [4.69, 9.17) is 4.74 Å². The zero-order chi connectivity index (χ0) is 21.1. The van der Waals surface area contributed by atoms with Crippen molar-refractivity contribution in [3.05, 3.63) is 29.8 Å². The summed E-state index contributed by atoms with van der Waals surface area (Å²) in [7, 11) is 1.59. The van der Waals surface area contributed by atoms with Gasteiger partial charge in [-0.05, 0) is 30.9 Å². The van der Waals surface area contributed by atoms with E-state index in [0.717, 1.165) is 30.6 Å². The van der Waals surface area contributed by atoms with E-state index in [2.05, 4.69) is 16.0 Å². The lowest BCUT2D eigenvalue weighted by Crippen LogP contribution is -2.49. The Kier molecular flexibility index (Phi) is 9.43. The van der Waals surface area contributed by atoms with Gasteiger partial charge in [0.25, 0.3) is 0 Å². The number of rotatable bonds is 2. The highest BCUT2D eigenvalue weighted by molar-refractivity contribution is 5.89. The van der Waals surface area contributed by atoms with E-state index in [9.17, 15) is 14.4 Å². The molecule has 3 N–H and O–H groups in total. The largest absolute Gasteiger partial charge is 0.492 e. The highest BCUT2D eigenvalue weighted by atomic mass is 16.5. The third-order valence-electron chi connectivity index (χ3n) is 4.75. The Labute approximate surface area is 172 Å². The van der Waals surface area contributed by atoms with Crippen molar-refractivity contribution < 1.29 is 19.1 Å². The van der Waals surface area contributed by atoms with E-state index in [1.807, 2.05) is 31.2 Å². The number of likely N-dealkylation sites (N-methyl/N-ethyl adjacent to an activating group) is 1. The predicted octanol–water partition coefficient (Wildman–Crippen LogP) is 0.461. The maximum Gasteiger partial charge on any atom is 0.240 e. The lowest BCUT2D eigenvalue weighted by Gasteiger charge is -2.24. The summed E-state index contributed by atoms with van der Waals surface area (Å²) in [6.07, 6.45) is 3.06. The van der Waals surface area contributed by atoms with Gasteiger partial charge in [-0.1, -0.05) is 31.5 Å². The van der Waals surface area contributed by atoms with Gasteiger partial charge in [-0.2, -0.15) is 0 Å². The first-order valence-electron chi connectivity index (χ1n) is 10.2. The van der Waals surface area contributed by atoms with Crippen LogP contribution in [0.1, 0.15) is 31.7 Å². The van der Waals surface area contributed by atoms with Crippen LogP contribution in [-0.4, -0.2) is 68.5 Å². The monoisotopic (exact) mass is 404 g/mol. The van der Waals surface area contributed by atoms with Gasteiger partial charge in [0.05, 0.1) is 19.1 Å². The molecule has 1 aromatic carbocycles. The van der Waals surface area contributed by atoms with E-state index in [-0.39, 0.29) is 36.9 Å². The summed E-state index contributed by atoms with van der Waals surface area (Å²) in [6, 6.07) is 7.47. The number of carbonyl (C=O) groups excluding carboxylic acids is 3. The second kappa shape index (κ2) is 12.1. The van der Waals surface area contributed by atoms with Gasteiger partial charge in [-0.15, -0.1) is 0 Å². The molecule has 0 aromatic heterocycles. The van der Waals surface area contributed by atoms with Gasteiger partial charge in [-0.3, -0.25) is 14.4 Å². The third kappa shape index (κ3) is 7.73. The van der Waals surface area contributed by atoms with Gasteiger partial charge in [0.15, 0.2) is 0 Å². The molecule has 0 saturated carbocycles. The van der Waals surface area contributed by atoms with Crippen molar-refractivity contribution in [2.45, 2.75) is 38.6 Å². The Hall–Kier alpha value is -2.61. The molecule has 0 bridgehead atoms. The SMILES string of the molecule is CCC[C@@H]1NCCOc2ccccc2CCCNC(=O)CNC(=O)CN(C)C1=O. The van der Waals surface area contributed by atoms with Crippen LogP contribution in [0.15, 0.2) is 24.3 Å². The number of ether oxygens (including phenoxy) is 1. The molecular weight excluding hydrogens is 372 g/mol. The predicted molar refractivity (Wildman–Crippen MR) is 111 cm³/mol. The van der Waals surface area contributed by atoms with Crippen LogP contribution in [-0.2, 0) is 20.8 Å². The molecule has 3 amide bonds. The van der Waals surface area contributed by atoms with Gasteiger partial charge in [0.1, 0.15) is 12.4 Å². The summed E-state index contributed by atoms with van der Waals surface area (Å²) >= 11 is 0. The average molecular weight is 405 g/mol. The number of nitrogens with zero attached hydrogens (tertiary/aromatic N) is 1. The fourth-order valence-corrected chi connectivity index (χ4v) is 3.21. The Morgan fingerprint density at radius 3 is 2.69 bits per heavy atom. The van der Waals surface area contributed by atoms with E-state index < -0.39 is 0 Å². The normalized spacial score (nSPS) is 20.6. The second-order valence-electron chi connectivity index (χ2n) is 7.18. The number of fused-ring (bicyclic) bond motifs is 1. The van der Waals surface area contributed by atoms with E-state index in [0.29, 0.717) is 26.1 Å². The zero-order valence-electron chi connectivity index (χ0n) is 17.3. The van der Waals surface area contributed by atoms with Gasteiger partial charge in [0.2, 0.25) is 17.7 Å². The van der Waals surface area contributed by atoms with Gasteiger partial charge in [0, 0.05) is 20.1 Å². The number of para-hydroxylation sites is 1. The Morgan fingerprint density at radius 1 is 1.10 bits per heavy atom. The first-order chi connectivity index (χ1) is 14.0. The number of hydrogen-bond acceptors (Lipinski definition) is 5. The molecule has 8 heteroatoms. The van der Waals surface area contributed by atoms with Crippen molar-refractivity contribution in [1.29, 1.82) is 0 Å². The van der Waals surface area contributed by atoms with Crippen LogP contribution < -0.4 is 20.7 Å². The summed E-state index contributed by atoms with van der Waals surface area (Å²) in [5.41, 5.74) is 1.08. The number of hydrogen-bond donors (Lipinski definition) is 3. The van der Waals surface area contributed by atoms with E-state index in [1.54, 1.807) is 7.05 Å². The maximum atomic E-state index is 12.7. The second-order valence-corrected chi connectivity index (χ2v) is 7.18. The molecule has 0 saturated heterocycles. The molecule has 1 heterocycles. The molecule has 1 atom stereocenters. The van der Waals surface area contributed by atoms with Crippen LogP contribution in [0.3, 0.4) is 0 Å². The minimum Gasteiger partial charge on any atom is -0.492 e. The molecule has 0 aliphatic carbocycles. The van der Waals surface area contributed by atoms with E-state index >= 15 is 0 Å². The minimum absolute atomic E-state index is 0.0854. The molecule has 8 nitrogen and oxygen atoms in total. The molecule has 0 radical (unpaired) electrons. The number of carbonyl (C=O) groups is 3. The van der Waals surface area contributed by atoms with Crippen LogP contribution in [0.2, 0.25) is 0 Å². The van der Waals surface area contributed by atoms with Gasteiger partial charge >= 0.3 is 0 Å². The summed E-state index contributed by atoms with van der Waals surface area (Å²) in [5, 5.41) is 8.61. The van der Waals surface area contributed by atoms with Crippen LogP contribution in [0.4, 0.5) is 0 Å². The van der Waals surface area contributed by atoms with Crippen molar-refractivity contribution in [3.8, 4) is 5.75 Å². The lowest BCUT2D eigenvalue weighted by molar-refractivity contribution is -0.136. The molecule has 1 aliphatic heterocycles. The third-order valence-corrected chi connectivity index (χ3v) is 4.75.